The van der Waals surface area contributed by atoms with Gasteiger partial charge in [-0.25, -0.2) is 9.29 Å². The van der Waals surface area contributed by atoms with Crippen molar-refractivity contribution < 1.29 is 28.7 Å². The molecule has 2 aromatic carbocycles. The van der Waals surface area contributed by atoms with E-state index in [0.29, 0.717) is 11.6 Å². The van der Waals surface area contributed by atoms with E-state index in [1.165, 1.54) is 12.1 Å². The van der Waals surface area contributed by atoms with E-state index in [4.69, 9.17) is 0 Å². The predicted molar refractivity (Wildman–Crippen MR) is 98.4 cm³/mol. The Hall–Kier alpha value is -3.81. The number of halogens is 1. The number of rotatable bonds is 6. The zero-order valence-corrected chi connectivity index (χ0v) is 15.2. The number of amides is 3. The summed E-state index contributed by atoms with van der Waals surface area (Å²) in [5.74, 6) is -4.00. The molecule has 1 aliphatic rings. The molecule has 2 aromatic rings. The molecule has 0 spiro atoms. The first-order chi connectivity index (χ1) is 13.9. The maximum atomic E-state index is 13.2. The molecule has 0 unspecified atom stereocenters. The third-order valence-corrected chi connectivity index (χ3v) is 4.42. The summed E-state index contributed by atoms with van der Waals surface area (Å²) < 4.78 is 13.2. The minimum atomic E-state index is -1.56. The number of anilines is 1. The SMILES string of the molecule is O=C([O-])/C=C/C(=O)N(Cc1ccccc1)[C@@H]1CC(=O)N(c2ccc(F)cc2)C1=O. The van der Waals surface area contributed by atoms with Crippen molar-refractivity contribution in [2.45, 2.75) is 19.0 Å². The van der Waals surface area contributed by atoms with Crippen molar-refractivity contribution in [3.8, 4) is 0 Å². The summed E-state index contributed by atoms with van der Waals surface area (Å²) in [6.45, 7) is -0.00198. The zero-order valence-electron chi connectivity index (χ0n) is 15.2. The van der Waals surface area contributed by atoms with Gasteiger partial charge in [0.25, 0.3) is 5.91 Å². The monoisotopic (exact) mass is 395 g/mol. The van der Waals surface area contributed by atoms with Crippen LogP contribution in [0.1, 0.15) is 12.0 Å². The molecule has 0 N–H and O–H groups in total. The van der Waals surface area contributed by atoms with Crippen LogP contribution in [-0.2, 0) is 25.7 Å². The number of hydrogen-bond acceptors (Lipinski definition) is 5. The normalized spacial score (nSPS) is 16.4. The largest absolute Gasteiger partial charge is 0.545 e. The van der Waals surface area contributed by atoms with Crippen LogP contribution in [0.5, 0.6) is 0 Å². The smallest absolute Gasteiger partial charge is 0.257 e. The molecule has 0 aromatic heterocycles. The lowest BCUT2D eigenvalue weighted by molar-refractivity contribution is -0.297. The van der Waals surface area contributed by atoms with Gasteiger partial charge in [0.15, 0.2) is 0 Å². The number of carboxylic acids is 1. The second-order valence-electron chi connectivity index (χ2n) is 6.37. The van der Waals surface area contributed by atoms with Crippen molar-refractivity contribution >= 4 is 29.4 Å². The first-order valence-corrected chi connectivity index (χ1v) is 8.73. The van der Waals surface area contributed by atoms with Gasteiger partial charge >= 0.3 is 0 Å². The summed E-state index contributed by atoms with van der Waals surface area (Å²) in [5, 5.41) is 10.7. The van der Waals surface area contributed by atoms with Gasteiger partial charge in [-0.3, -0.25) is 14.4 Å². The van der Waals surface area contributed by atoms with Gasteiger partial charge in [-0.05, 0) is 35.9 Å². The van der Waals surface area contributed by atoms with Crippen molar-refractivity contribution in [2.75, 3.05) is 4.90 Å². The first kappa shape index (κ1) is 19.9. The molecule has 1 atom stereocenters. The molecular weight excluding hydrogens is 379 g/mol. The summed E-state index contributed by atoms with van der Waals surface area (Å²) in [6.07, 6.45) is 1.09. The van der Waals surface area contributed by atoms with E-state index in [2.05, 4.69) is 0 Å². The van der Waals surface area contributed by atoms with Gasteiger partial charge in [-0.2, -0.15) is 0 Å². The molecule has 0 radical (unpaired) electrons. The highest BCUT2D eigenvalue weighted by atomic mass is 19.1. The highest BCUT2D eigenvalue weighted by Crippen LogP contribution is 2.27. The van der Waals surface area contributed by atoms with Crippen LogP contribution in [0.15, 0.2) is 66.7 Å². The van der Waals surface area contributed by atoms with Crippen molar-refractivity contribution in [2.24, 2.45) is 0 Å². The average molecular weight is 395 g/mol. The number of carboxylic acid groups (broad SMARTS) is 1. The number of benzene rings is 2. The molecule has 0 aliphatic carbocycles. The number of nitrogens with zero attached hydrogens (tertiary/aromatic N) is 2. The van der Waals surface area contributed by atoms with Gasteiger partial charge in [0.05, 0.1) is 18.1 Å². The van der Waals surface area contributed by atoms with Gasteiger partial charge in [0, 0.05) is 12.6 Å². The molecule has 7 nitrogen and oxygen atoms in total. The van der Waals surface area contributed by atoms with Crippen LogP contribution < -0.4 is 10.0 Å². The average Bonchev–Trinajstić information content (AvgIpc) is 2.99. The fourth-order valence-electron chi connectivity index (χ4n) is 3.08. The van der Waals surface area contributed by atoms with Crippen LogP contribution in [0.2, 0.25) is 0 Å². The molecule has 1 aliphatic heterocycles. The van der Waals surface area contributed by atoms with E-state index >= 15 is 0 Å². The molecule has 1 heterocycles. The fourth-order valence-corrected chi connectivity index (χ4v) is 3.08. The van der Waals surface area contributed by atoms with E-state index in [1.807, 2.05) is 0 Å². The Balaban J connectivity index is 1.91. The number of aliphatic carboxylic acids is 1. The fraction of sp³-hybridized carbons (Fsp3) is 0.143. The maximum Gasteiger partial charge on any atom is 0.257 e. The topological polar surface area (TPSA) is 97.8 Å². The lowest BCUT2D eigenvalue weighted by Gasteiger charge is -2.26. The molecule has 29 heavy (non-hydrogen) atoms. The lowest BCUT2D eigenvalue weighted by atomic mass is 10.1. The quantitative estimate of drug-likeness (QED) is 0.532. The van der Waals surface area contributed by atoms with Crippen LogP contribution in [0, 0.1) is 5.82 Å². The van der Waals surface area contributed by atoms with Crippen LogP contribution >= 0.6 is 0 Å². The summed E-state index contributed by atoms with van der Waals surface area (Å²) in [4.78, 5) is 50.7. The Morgan fingerprint density at radius 1 is 1.07 bits per heavy atom. The Bertz CT molecular complexity index is 972. The van der Waals surface area contributed by atoms with E-state index in [-0.39, 0.29) is 18.7 Å². The Morgan fingerprint density at radius 2 is 1.72 bits per heavy atom. The third-order valence-electron chi connectivity index (χ3n) is 4.42. The number of carbonyl (C=O) groups is 4. The standard InChI is InChI=1S/C21H17FN2O5/c22-15-6-8-16(9-7-15)24-19(26)12-17(21(24)29)23(18(25)10-11-20(27)28)13-14-4-2-1-3-5-14/h1-11,17H,12-13H2,(H,27,28)/p-1/b11-10+/t17-/m1/s1. The van der Waals surface area contributed by atoms with Crippen LogP contribution in [-0.4, -0.2) is 34.6 Å². The first-order valence-electron chi connectivity index (χ1n) is 8.73. The van der Waals surface area contributed by atoms with Crippen LogP contribution in [0.4, 0.5) is 10.1 Å². The maximum absolute atomic E-state index is 13.2. The molecule has 0 saturated carbocycles. The molecule has 3 rings (SSSR count). The summed E-state index contributed by atoms with van der Waals surface area (Å²) >= 11 is 0. The lowest BCUT2D eigenvalue weighted by Crippen LogP contribution is -2.44. The van der Waals surface area contributed by atoms with Gasteiger partial charge in [-0.1, -0.05) is 30.3 Å². The second-order valence-corrected chi connectivity index (χ2v) is 6.37. The highest BCUT2D eigenvalue weighted by molar-refractivity contribution is 6.23. The van der Waals surface area contributed by atoms with Crippen molar-refractivity contribution in [1.82, 2.24) is 4.90 Å². The van der Waals surface area contributed by atoms with E-state index in [1.54, 1.807) is 30.3 Å². The summed E-state index contributed by atoms with van der Waals surface area (Å²) in [5.41, 5.74) is 0.893. The predicted octanol–water partition coefficient (Wildman–Crippen LogP) is 0.792. The molecule has 148 valence electrons. The Morgan fingerprint density at radius 3 is 2.34 bits per heavy atom. The Labute approximate surface area is 165 Å². The molecule has 8 heteroatoms. The van der Waals surface area contributed by atoms with E-state index in [0.717, 1.165) is 28.0 Å². The van der Waals surface area contributed by atoms with Gasteiger partial charge in [0.1, 0.15) is 11.9 Å². The molecule has 1 saturated heterocycles. The molecule has 3 amide bonds. The molecule has 0 bridgehead atoms. The second kappa shape index (κ2) is 8.47. The van der Waals surface area contributed by atoms with E-state index < -0.39 is 35.5 Å². The number of carbonyl (C=O) groups excluding carboxylic acids is 4. The van der Waals surface area contributed by atoms with Crippen molar-refractivity contribution in [3.05, 3.63) is 78.1 Å². The van der Waals surface area contributed by atoms with E-state index in [9.17, 15) is 28.7 Å². The molecule has 1 fully saturated rings. The van der Waals surface area contributed by atoms with Gasteiger partial charge < -0.3 is 14.8 Å². The molecular formula is C21H16FN2O5-. The highest BCUT2D eigenvalue weighted by Gasteiger charge is 2.44. The van der Waals surface area contributed by atoms with Crippen LogP contribution in [0.3, 0.4) is 0 Å². The van der Waals surface area contributed by atoms with Gasteiger partial charge in [0.2, 0.25) is 11.8 Å². The zero-order chi connectivity index (χ0) is 21.0. The van der Waals surface area contributed by atoms with Crippen molar-refractivity contribution in [3.63, 3.8) is 0 Å². The van der Waals surface area contributed by atoms with Gasteiger partial charge in [-0.15, -0.1) is 0 Å². The minimum Gasteiger partial charge on any atom is -0.545 e. The number of imide groups is 1. The Kier molecular flexibility index (Phi) is 5.82. The minimum absolute atomic E-state index is 0.00198. The summed E-state index contributed by atoms with van der Waals surface area (Å²) in [7, 11) is 0. The summed E-state index contributed by atoms with van der Waals surface area (Å²) in [6, 6.07) is 12.5. The van der Waals surface area contributed by atoms with Crippen molar-refractivity contribution in [1.29, 1.82) is 0 Å². The third kappa shape index (κ3) is 4.55. The number of hydrogen-bond donors (Lipinski definition) is 0. The van der Waals surface area contributed by atoms with Crippen LogP contribution in [0.25, 0.3) is 0 Å².